The maximum absolute atomic E-state index is 12.9. The van der Waals surface area contributed by atoms with Crippen molar-refractivity contribution in [2.75, 3.05) is 19.1 Å². The summed E-state index contributed by atoms with van der Waals surface area (Å²) in [7, 11) is 3.05. The number of rotatable bonds is 5. The Morgan fingerprint density at radius 2 is 1.93 bits per heavy atom. The van der Waals surface area contributed by atoms with Crippen LogP contribution >= 0.6 is 24.0 Å². The highest BCUT2D eigenvalue weighted by Crippen LogP contribution is 2.39. The molecule has 1 fully saturated rings. The maximum atomic E-state index is 12.9. The Hall–Kier alpha value is -2.91. The topological polar surface area (TPSA) is 81.9 Å². The van der Waals surface area contributed by atoms with E-state index in [1.807, 2.05) is 0 Å². The second-order valence-corrected chi connectivity index (χ2v) is 7.05. The number of amides is 1. The van der Waals surface area contributed by atoms with Gasteiger partial charge in [-0.15, -0.1) is 0 Å². The third kappa shape index (κ3) is 3.64. The van der Waals surface area contributed by atoms with Gasteiger partial charge in [-0.1, -0.05) is 42.2 Å². The summed E-state index contributed by atoms with van der Waals surface area (Å²) in [5.74, 6) is 0.691. The fourth-order valence-corrected chi connectivity index (χ4v) is 3.89. The fourth-order valence-electron chi connectivity index (χ4n) is 2.60. The largest absolute Gasteiger partial charge is 0.493 e. The highest BCUT2D eigenvalue weighted by Gasteiger charge is 2.34. The van der Waals surface area contributed by atoms with E-state index in [1.54, 1.807) is 30.3 Å². The number of methoxy groups -OCH3 is 2. The number of anilines is 1. The Kier molecular flexibility index (Phi) is 5.43. The van der Waals surface area contributed by atoms with Gasteiger partial charge >= 0.3 is 0 Å². The molecule has 27 heavy (non-hydrogen) atoms. The molecular weight excluding hydrogens is 388 g/mol. The number of nitro benzene ring substituents is 1. The van der Waals surface area contributed by atoms with Crippen LogP contribution in [0.25, 0.3) is 6.08 Å². The molecule has 0 atom stereocenters. The smallest absolute Gasteiger partial charge is 0.271 e. The maximum Gasteiger partial charge on any atom is 0.271 e. The van der Waals surface area contributed by atoms with Crippen LogP contribution in [-0.4, -0.2) is 29.4 Å². The minimum absolute atomic E-state index is 0.111. The molecule has 3 rings (SSSR count). The molecule has 0 spiro atoms. The van der Waals surface area contributed by atoms with Crippen LogP contribution < -0.4 is 14.4 Å². The quantitative estimate of drug-likeness (QED) is 0.323. The number of para-hydroxylation sites is 1. The van der Waals surface area contributed by atoms with E-state index in [9.17, 15) is 14.9 Å². The van der Waals surface area contributed by atoms with Crippen LogP contribution in [0.15, 0.2) is 47.4 Å². The minimum atomic E-state index is -0.516. The van der Waals surface area contributed by atoms with E-state index < -0.39 is 4.92 Å². The Morgan fingerprint density at radius 1 is 1.19 bits per heavy atom. The number of hydrogen-bond acceptors (Lipinski definition) is 7. The van der Waals surface area contributed by atoms with Gasteiger partial charge in [0.1, 0.15) is 0 Å². The number of thiocarbonyl (C=S) groups is 1. The van der Waals surface area contributed by atoms with Gasteiger partial charge in [0.05, 0.1) is 29.7 Å². The number of hydrogen-bond donors (Lipinski definition) is 0. The third-order valence-electron chi connectivity index (χ3n) is 3.81. The first-order valence-electron chi connectivity index (χ1n) is 7.69. The molecule has 7 nitrogen and oxygen atoms in total. The van der Waals surface area contributed by atoms with Gasteiger partial charge < -0.3 is 9.47 Å². The molecule has 0 aromatic heterocycles. The molecule has 0 N–H and O–H groups in total. The van der Waals surface area contributed by atoms with E-state index >= 15 is 0 Å². The normalized spacial score (nSPS) is 15.3. The van der Waals surface area contributed by atoms with E-state index in [1.165, 1.54) is 37.3 Å². The Morgan fingerprint density at radius 3 is 2.59 bits per heavy atom. The number of ether oxygens (including phenoxy) is 2. The summed E-state index contributed by atoms with van der Waals surface area (Å²) >= 11 is 6.43. The van der Waals surface area contributed by atoms with E-state index in [0.29, 0.717) is 32.0 Å². The molecule has 1 amide bonds. The van der Waals surface area contributed by atoms with Crippen molar-refractivity contribution in [3.63, 3.8) is 0 Å². The highest BCUT2D eigenvalue weighted by molar-refractivity contribution is 8.27. The van der Waals surface area contributed by atoms with Crippen molar-refractivity contribution < 1.29 is 19.2 Å². The van der Waals surface area contributed by atoms with Gasteiger partial charge in [0.2, 0.25) is 0 Å². The van der Waals surface area contributed by atoms with Crippen molar-refractivity contribution in [2.24, 2.45) is 0 Å². The fraction of sp³-hybridized carbons (Fsp3) is 0.111. The number of benzene rings is 2. The number of nitro groups is 1. The molecule has 0 bridgehead atoms. The molecule has 0 radical (unpaired) electrons. The number of carbonyl (C=O) groups is 1. The average molecular weight is 402 g/mol. The lowest BCUT2D eigenvalue weighted by molar-refractivity contribution is -0.384. The van der Waals surface area contributed by atoms with Crippen LogP contribution in [0.5, 0.6) is 11.5 Å². The van der Waals surface area contributed by atoms with Crippen molar-refractivity contribution in [3.05, 3.63) is 63.0 Å². The van der Waals surface area contributed by atoms with Crippen molar-refractivity contribution >= 4 is 51.7 Å². The van der Waals surface area contributed by atoms with Gasteiger partial charge in [-0.05, 0) is 18.2 Å². The summed E-state index contributed by atoms with van der Waals surface area (Å²) in [6.07, 6.45) is 1.66. The monoisotopic (exact) mass is 402 g/mol. The van der Waals surface area contributed by atoms with Crippen LogP contribution in [0, 0.1) is 10.1 Å². The van der Waals surface area contributed by atoms with Crippen LogP contribution in [0.4, 0.5) is 11.4 Å². The molecular formula is C18H14N2O5S2. The van der Waals surface area contributed by atoms with E-state index in [4.69, 9.17) is 21.7 Å². The molecule has 0 aliphatic carbocycles. The predicted octanol–water partition coefficient (Wildman–Crippen LogP) is 4.02. The van der Waals surface area contributed by atoms with Crippen LogP contribution in [0.2, 0.25) is 0 Å². The summed E-state index contributed by atoms with van der Waals surface area (Å²) in [5.41, 5.74) is 0.907. The molecule has 2 aromatic carbocycles. The second-order valence-electron chi connectivity index (χ2n) is 5.38. The minimum Gasteiger partial charge on any atom is -0.493 e. The van der Waals surface area contributed by atoms with Crippen molar-refractivity contribution in [3.8, 4) is 11.5 Å². The SMILES string of the molecule is COc1cccc(/C=C2\SC(=S)N(c3cccc([N+](=O)[O-])c3)C2=O)c1OC. The number of non-ortho nitro benzene ring substituents is 1. The van der Waals surface area contributed by atoms with Gasteiger partial charge in [0.15, 0.2) is 15.8 Å². The predicted molar refractivity (Wildman–Crippen MR) is 108 cm³/mol. The summed E-state index contributed by atoms with van der Waals surface area (Å²) < 4.78 is 11.0. The molecule has 1 aliphatic rings. The standard InChI is InChI=1S/C18H14N2O5S2/c1-24-14-8-3-5-11(16(14)25-2)9-15-17(21)19(18(26)27-15)12-6-4-7-13(10-12)20(22)23/h3-10H,1-2H3/b15-9-. The average Bonchev–Trinajstić information content (AvgIpc) is 2.94. The Labute approximate surface area is 164 Å². The van der Waals surface area contributed by atoms with Gasteiger partial charge in [-0.25, -0.2) is 0 Å². The molecule has 138 valence electrons. The second kappa shape index (κ2) is 7.77. The number of nitrogens with zero attached hydrogens (tertiary/aromatic N) is 2. The third-order valence-corrected chi connectivity index (χ3v) is 5.11. The van der Waals surface area contributed by atoms with Crippen LogP contribution in [0.3, 0.4) is 0 Å². The lowest BCUT2D eigenvalue weighted by Gasteiger charge is -2.14. The first-order chi connectivity index (χ1) is 13.0. The summed E-state index contributed by atoms with van der Waals surface area (Å²) in [6.45, 7) is 0. The van der Waals surface area contributed by atoms with Crippen LogP contribution in [-0.2, 0) is 4.79 Å². The summed E-state index contributed by atoms with van der Waals surface area (Å²) in [5, 5.41) is 11.0. The molecule has 0 saturated carbocycles. The number of carbonyl (C=O) groups excluding carboxylic acids is 1. The van der Waals surface area contributed by atoms with Crippen molar-refractivity contribution in [1.82, 2.24) is 0 Å². The van der Waals surface area contributed by atoms with Gasteiger partial charge in [0, 0.05) is 17.7 Å². The zero-order chi connectivity index (χ0) is 19.6. The lowest BCUT2D eigenvalue weighted by Crippen LogP contribution is -2.27. The highest BCUT2D eigenvalue weighted by atomic mass is 32.2. The first-order valence-corrected chi connectivity index (χ1v) is 8.92. The molecule has 1 saturated heterocycles. The summed E-state index contributed by atoms with van der Waals surface area (Å²) in [4.78, 5) is 25.0. The number of thioether (sulfide) groups is 1. The molecule has 1 heterocycles. The van der Waals surface area contributed by atoms with E-state index in [2.05, 4.69) is 0 Å². The van der Waals surface area contributed by atoms with Gasteiger partial charge in [-0.2, -0.15) is 0 Å². The van der Waals surface area contributed by atoms with E-state index in [0.717, 1.165) is 11.8 Å². The lowest BCUT2D eigenvalue weighted by atomic mass is 10.1. The zero-order valence-electron chi connectivity index (χ0n) is 14.4. The summed E-state index contributed by atoms with van der Waals surface area (Å²) in [6, 6.07) is 11.1. The molecule has 0 unspecified atom stereocenters. The van der Waals surface area contributed by atoms with Crippen LogP contribution in [0.1, 0.15) is 5.56 Å². The molecule has 2 aromatic rings. The van der Waals surface area contributed by atoms with Gasteiger partial charge in [-0.3, -0.25) is 19.8 Å². The molecule has 9 heteroatoms. The Balaban J connectivity index is 1.99. The van der Waals surface area contributed by atoms with E-state index in [-0.39, 0.29) is 11.6 Å². The van der Waals surface area contributed by atoms with Crippen molar-refractivity contribution in [2.45, 2.75) is 0 Å². The van der Waals surface area contributed by atoms with Crippen molar-refractivity contribution in [1.29, 1.82) is 0 Å². The first kappa shape index (κ1) is 18.9. The Bertz CT molecular complexity index is 974. The van der Waals surface area contributed by atoms with Gasteiger partial charge in [0.25, 0.3) is 11.6 Å². The zero-order valence-corrected chi connectivity index (χ0v) is 16.0. The molecule has 1 aliphatic heterocycles.